The van der Waals surface area contributed by atoms with Crippen LogP contribution in [0.4, 0.5) is 0 Å². The number of hydrogen-bond donors (Lipinski definition) is 0. The third kappa shape index (κ3) is 1.11. The highest BCUT2D eigenvalue weighted by atomic mass is 16.5. The Kier molecular flexibility index (Phi) is 2.26. The van der Waals surface area contributed by atoms with E-state index < -0.39 is 0 Å². The lowest BCUT2D eigenvalue weighted by Crippen LogP contribution is -2.37. The summed E-state index contributed by atoms with van der Waals surface area (Å²) in [5, 5.41) is 0. The van der Waals surface area contributed by atoms with E-state index in [1.165, 1.54) is 19.3 Å². The lowest BCUT2D eigenvalue weighted by atomic mass is 9.70. The Morgan fingerprint density at radius 2 is 2.14 bits per heavy atom. The minimum atomic E-state index is 0.403. The van der Waals surface area contributed by atoms with Gasteiger partial charge in [0, 0.05) is 0 Å². The van der Waals surface area contributed by atoms with E-state index in [4.69, 9.17) is 4.74 Å². The van der Waals surface area contributed by atoms with Gasteiger partial charge in [0.15, 0.2) is 0 Å². The van der Waals surface area contributed by atoms with Crippen molar-refractivity contribution in [1.82, 2.24) is 0 Å². The first-order valence-corrected chi connectivity index (χ1v) is 5.75. The van der Waals surface area contributed by atoms with Gasteiger partial charge in [-0.3, -0.25) is 0 Å². The Morgan fingerprint density at radius 3 is 2.57 bits per heavy atom. The molecule has 0 aromatic heterocycles. The molecule has 2 fully saturated rings. The second-order valence-corrected chi connectivity index (χ2v) is 5.72. The van der Waals surface area contributed by atoms with Crippen LogP contribution in [0.15, 0.2) is 12.7 Å². The van der Waals surface area contributed by atoms with E-state index in [2.05, 4.69) is 27.4 Å². The predicted molar refractivity (Wildman–Crippen MR) is 59.2 cm³/mol. The fourth-order valence-corrected chi connectivity index (χ4v) is 3.57. The van der Waals surface area contributed by atoms with Gasteiger partial charge in [0.25, 0.3) is 0 Å². The number of rotatable bonds is 3. The van der Waals surface area contributed by atoms with Crippen LogP contribution in [0.2, 0.25) is 0 Å². The lowest BCUT2D eigenvalue weighted by molar-refractivity contribution is -0.0351. The first-order chi connectivity index (χ1) is 6.52. The van der Waals surface area contributed by atoms with E-state index in [-0.39, 0.29) is 0 Å². The molecule has 0 aliphatic heterocycles. The topological polar surface area (TPSA) is 9.23 Å². The van der Waals surface area contributed by atoms with Gasteiger partial charge in [-0.15, -0.1) is 6.58 Å². The maximum absolute atomic E-state index is 5.91. The zero-order valence-electron chi connectivity index (χ0n) is 9.68. The summed E-state index contributed by atoms with van der Waals surface area (Å²) in [6.07, 6.45) is 6.33. The van der Waals surface area contributed by atoms with E-state index in [0.29, 0.717) is 23.5 Å². The van der Waals surface area contributed by atoms with Crippen LogP contribution in [0, 0.1) is 16.7 Å². The highest BCUT2D eigenvalue weighted by molar-refractivity contribution is 5.11. The minimum Gasteiger partial charge on any atom is -0.374 e. The Hall–Kier alpha value is -0.300. The second-order valence-electron chi connectivity index (χ2n) is 5.72. The van der Waals surface area contributed by atoms with Gasteiger partial charge in [-0.25, -0.2) is 0 Å². The molecule has 0 N–H and O–H groups in total. The molecular formula is C13H22O. The lowest BCUT2D eigenvalue weighted by Gasteiger charge is -2.38. The van der Waals surface area contributed by atoms with Gasteiger partial charge in [-0.1, -0.05) is 26.8 Å². The van der Waals surface area contributed by atoms with Crippen LogP contribution in [0.25, 0.3) is 0 Å². The molecule has 0 unspecified atom stereocenters. The van der Waals surface area contributed by atoms with Crippen LogP contribution in [0.5, 0.6) is 0 Å². The molecule has 0 aromatic carbocycles. The normalized spacial score (nSPS) is 44.2. The molecule has 0 heterocycles. The SMILES string of the molecule is C=CCO[C@H]1C[C@@H]2CC[C@@]1(C)C2(C)C. The highest BCUT2D eigenvalue weighted by Gasteiger charge is 2.61. The molecule has 80 valence electrons. The van der Waals surface area contributed by atoms with E-state index in [1.54, 1.807) is 0 Å². The molecule has 0 spiro atoms. The van der Waals surface area contributed by atoms with Crippen molar-refractivity contribution in [3.8, 4) is 0 Å². The van der Waals surface area contributed by atoms with Gasteiger partial charge in [0.2, 0.25) is 0 Å². The summed E-state index contributed by atoms with van der Waals surface area (Å²) >= 11 is 0. The smallest absolute Gasteiger partial charge is 0.0648 e. The van der Waals surface area contributed by atoms with E-state index in [9.17, 15) is 0 Å². The Bertz CT molecular complexity index is 244. The molecular weight excluding hydrogens is 172 g/mol. The summed E-state index contributed by atoms with van der Waals surface area (Å²) in [5.74, 6) is 0.877. The van der Waals surface area contributed by atoms with E-state index in [0.717, 1.165) is 5.92 Å². The number of ether oxygens (including phenoxy) is 1. The Morgan fingerprint density at radius 1 is 1.43 bits per heavy atom. The molecule has 2 rings (SSSR count). The molecule has 1 heteroatoms. The van der Waals surface area contributed by atoms with Crippen LogP contribution in [-0.2, 0) is 4.74 Å². The van der Waals surface area contributed by atoms with Gasteiger partial charge < -0.3 is 4.74 Å². The molecule has 1 nitrogen and oxygen atoms in total. The molecule has 2 aliphatic carbocycles. The first-order valence-electron chi connectivity index (χ1n) is 5.75. The van der Waals surface area contributed by atoms with Crippen molar-refractivity contribution < 1.29 is 4.74 Å². The van der Waals surface area contributed by atoms with Crippen LogP contribution >= 0.6 is 0 Å². The summed E-state index contributed by atoms with van der Waals surface area (Å²) in [5.41, 5.74) is 0.875. The fourth-order valence-electron chi connectivity index (χ4n) is 3.57. The summed E-state index contributed by atoms with van der Waals surface area (Å²) in [6.45, 7) is 11.7. The molecule has 2 saturated carbocycles. The Balaban J connectivity index is 2.14. The monoisotopic (exact) mass is 194 g/mol. The van der Waals surface area contributed by atoms with Crippen molar-refractivity contribution >= 4 is 0 Å². The Labute approximate surface area is 87.5 Å². The fraction of sp³-hybridized carbons (Fsp3) is 0.846. The summed E-state index contributed by atoms with van der Waals surface area (Å²) in [7, 11) is 0. The minimum absolute atomic E-state index is 0.403. The molecule has 0 radical (unpaired) electrons. The third-order valence-electron chi connectivity index (χ3n) is 5.13. The van der Waals surface area contributed by atoms with E-state index in [1.807, 2.05) is 6.08 Å². The number of hydrogen-bond acceptors (Lipinski definition) is 1. The average Bonchev–Trinajstić information content (AvgIpc) is 2.46. The molecule has 0 amide bonds. The van der Waals surface area contributed by atoms with Crippen molar-refractivity contribution in [2.24, 2.45) is 16.7 Å². The quantitative estimate of drug-likeness (QED) is 0.626. The summed E-state index contributed by atoms with van der Waals surface area (Å²) in [4.78, 5) is 0. The van der Waals surface area contributed by atoms with Crippen molar-refractivity contribution in [2.75, 3.05) is 6.61 Å². The van der Waals surface area contributed by atoms with Gasteiger partial charge in [-0.05, 0) is 36.0 Å². The maximum Gasteiger partial charge on any atom is 0.0648 e. The van der Waals surface area contributed by atoms with E-state index >= 15 is 0 Å². The van der Waals surface area contributed by atoms with Crippen molar-refractivity contribution in [3.63, 3.8) is 0 Å². The molecule has 14 heavy (non-hydrogen) atoms. The van der Waals surface area contributed by atoms with Crippen molar-refractivity contribution in [3.05, 3.63) is 12.7 Å². The molecule has 0 aromatic rings. The zero-order valence-corrected chi connectivity index (χ0v) is 9.68. The van der Waals surface area contributed by atoms with Crippen LogP contribution < -0.4 is 0 Å². The summed E-state index contributed by atoms with van der Waals surface area (Å²) in [6, 6.07) is 0. The zero-order chi connectivity index (χ0) is 10.4. The maximum atomic E-state index is 5.91. The molecule has 2 aliphatic rings. The second kappa shape index (κ2) is 3.10. The number of fused-ring (bicyclic) bond motifs is 2. The first kappa shape index (κ1) is 10.2. The van der Waals surface area contributed by atoms with Gasteiger partial charge in [0.1, 0.15) is 0 Å². The molecule has 2 bridgehead atoms. The summed E-state index contributed by atoms with van der Waals surface area (Å²) < 4.78 is 5.91. The third-order valence-corrected chi connectivity index (χ3v) is 5.13. The van der Waals surface area contributed by atoms with Gasteiger partial charge >= 0.3 is 0 Å². The molecule has 0 saturated heterocycles. The van der Waals surface area contributed by atoms with Crippen molar-refractivity contribution in [1.29, 1.82) is 0 Å². The molecule has 3 atom stereocenters. The standard InChI is InChI=1S/C13H22O/c1-5-8-14-11-9-10-6-7-13(11,4)12(10,2)3/h5,10-11H,1,6-9H2,2-4H3/t10-,11-,13+/m0/s1. The van der Waals surface area contributed by atoms with Crippen LogP contribution in [0.1, 0.15) is 40.0 Å². The van der Waals surface area contributed by atoms with Crippen LogP contribution in [0.3, 0.4) is 0 Å². The largest absolute Gasteiger partial charge is 0.374 e. The van der Waals surface area contributed by atoms with Gasteiger partial charge in [0.05, 0.1) is 12.7 Å². The highest BCUT2D eigenvalue weighted by Crippen LogP contribution is 2.66. The predicted octanol–water partition coefficient (Wildman–Crippen LogP) is 3.40. The average molecular weight is 194 g/mol. The van der Waals surface area contributed by atoms with Crippen LogP contribution in [-0.4, -0.2) is 12.7 Å². The van der Waals surface area contributed by atoms with Crippen molar-refractivity contribution in [2.45, 2.75) is 46.1 Å². The van der Waals surface area contributed by atoms with Gasteiger partial charge in [-0.2, -0.15) is 0 Å².